The van der Waals surface area contributed by atoms with Crippen molar-refractivity contribution in [3.05, 3.63) is 36.4 Å². The quantitative estimate of drug-likeness (QED) is 0.313. The van der Waals surface area contributed by atoms with E-state index >= 15 is 0 Å². The number of quaternary nitrogens is 2. The summed E-state index contributed by atoms with van der Waals surface area (Å²) in [4.78, 5) is -1.44. The van der Waals surface area contributed by atoms with Gasteiger partial charge < -0.3 is 32.0 Å². The van der Waals surface area contributed by atoms with Gasteiger partial charge in [-0.2, -0.15) is 0 Å². The van der Waals surface area contributed by atoms with Gasteiger partial charge in [-0.3, -0.25) is 0 Å². The maximum Gasteiger partial charge on any atom is 0.125 e. The molecular formula is C20H34N4O6S2. The number of unbranched alkanes of at least 4 members (excludes halogenated alkanes) is 2. The first-order chi connectivity index (χ1) is 14.8. The van der Waals surface area contributed by atoms with Gasteiger partial charge in [0.1, 0.15) is 20.2 Å². The van der Waals surface area contributed by atoms with E-state index in [0.29, 0.717) is 0 Å². The molecule has 2 aromatic carbocycles. The Morgan fingerprint density at radius 3 is 1.22 bits per heavy atom. The molecule has 2 rings (SSSR count). The molecule has 182 valence electrons. The highest BCUT2D eigenvalue weighted by Crippen LogP contribution is 2.34. The zero-order chi connectivity index (χ0) is 24.9. The molecule has 0 unspecified atom stereocenters. The van der Waals surface area contributed by atoms with Crippen LogP contribution in [0.1, 0.15) is 39.5 Å². The molecule has 10 nitrogen and oxygen atoms in total. The standard InChI is InChI=1S/C12H12N2O6S2.2C4H11N/c13-7-1-3-9(11(5-7)21(15,16)17)10-4-2-8(14)6-12(10)22(18,19)20;2*1-2-3-4-5/h1-6H,13-14H2,(H,15,16,17)(H,18,19,20);2*2-5H2,1H3. The van der Waals surface area contributed by atoms with Crippen molar-refractivity contribution < 1.29 is 37.4 Å². The van der Waals surface area contributed by atoms with E-state index in [0.717, 1.165) is 37.4 Å². The van der Waals surface area contributed by atoms with E-state index in [-0.39, 0.29) is 22.5 Å². The third-order valence-corrected chi connectivity index (χ3v) is 5.80. The minimum absolute atomic E-state index is 0.000139. The second-order valence-electron chi connectivity index (χ2n) is 6.83. The highest BCUT2D eigenvalue weighted by atomic mass is 32.2. The molecule has 0 spiro atoms. The monoisotopic (exact) mass is 490 g/mol. The first-order valence-electron chi connectivity index (χ1n) is 10.1. The molecular weight excluding hydrogens is 456 g/mol. The Balaban J connectivity index is 0.000000805. The van der Waals surface area contributed by atoms with Gasteiger partial charge in [0.25, 0.3) is 0 Å². The fraction of sp³-hybridized carbons (Fsp3) is 0.400. The zero-order valence-corrected chi connectivity index (χ0v) is 20.2. The minimum Gasteiger partial charge on any atom is -0.744 e. The number of rotatable bonds is 7. The summed E-state index contributed by atoms with van der Waals surface area (Å²) in [6.07, 6.45) is 5.12. The van der Waals surface area contributed by atoms with E-state index in [9.17, 15) is 25.9 Å². The van der Waals surface area contributed by atoms with Crippen LogP contribution in [0.25, 0.3) is 11.1 Å². The predicted molar refractivity (Wildman–Crippen MR) is 122 cm³/mol. The zero-order valence-electron chi connectivity index (χ0n) is 18.5. The number of hydrogen-bond acceptors (Lipinski definition) is 8. The van der Waals surface area contributed by atoms with E-state index in [2.05, 4.69) is 25.3 Å². The lowest BCUT2D eigenvalue weighted by Crippen LogP contribution is -2.49. The van der Waals surface area contributed by atoms with Crippen molar-refractivity contribution in [1.82, 2.24) is 0 Å². The van der Waals surface area contributed by atoms with Crippen molar-refractivity contribution in [2.45, 2.75) is 49.3 Å². The molecule has 0 heterocycles. The van der Waals surface area contributed by atoms with Gasteiger partial charge in [-0.25, -0.2) is 16.8 Å². The fourth-order valence-electron chi connectivity index (χ4n) is 2.44. The Kier molecular flexibility index (Phi) is 13.1. The summed E-state index contributed by atoms with van der Waals surface area (Å²) >= 11 is 0. The molecule has 0 radical (unpaired) electrons. The van der Waals surface area contributed by atoms with E-state index in [1.165, 1.54) is 37.8 Å². The average Bonchev–Trinajstić information content (AvgIpc) is 2.69. The van der Waals surface area contributed by atoms with E-state index < -0.39 is 30.0 Å². The lowest BCUT2D eigenvalue weighted by Gasteiger charge is -2.18. The first-order valence-corrected chi connectivity index (χ1v) is 12.9. The van der Waals surface area contributed by atoms with Gasteiger partial charge >= 0.3 is 0 Å². The molecule has 0 atom stereocenters. The van der Waals surface area contributed by atoms with E-state index in [4.69, 9.17) is 11.5 Å². The van der Waals surface area contributed by atoms with Crippen LogP contribution >= 0.6 is 0 Å². The lowest BCUT2D eigenvalue weighted by atomic mass is 10.0. The van der Waals surface area contributed by atoms with Crippen LogP contribution in [-0.4, -0.2) is 39.0 Å². The summed E-state index contributed by atoms with van der Waals surface area (Å²) in [6.45, 7) is 6.53. The number of hydrogen-bond donors (Lipinski definition) is 4. The Bertz CT molecular complexity index is 968. The maximum absolute atomic E-state index is 11.3. The van der Waals surface area contributed by atoms with Crippen LogP contribution in [-0.2, 0) is 20.2 Å². The van der Waals surface area contributed by atoms with Crippen LogP contribution in [0.3, 0.4) is 0 Å². The van der Waals surface area contributed by atoms with Crippen LogP contribution in [0, 0.1) is 0 Å². The van der Waals surface area contributed by atoms with Crippen LogP contribution in [0.4, 0.5) is 11.4 Å². The van der Waals surface area contributed by atoms with Crippen molar-refractivity contribution in [2.24, 2.45) is 0 Å². The van der Waals surface area contributed by atoms with Crippen molar-refractivity contribution >= 4 is 31.6 Å². The molecule has 0 aromatic heterocycles. The highest BCUT2D eigenvalue weighted by molar-refractivity contribution is 7.86. The first kappa shape index (κ1) is 29.8. The fourth-order valence-corrected chi connectivity index (χ4v) is 3.89. The van der Waals surface area contributed by atoms with Gasteiger partial charge in [-0.05, 0) is 37.1 Å². The van der Waals surface area contributed by atoms with E-state index in [1.807, 2.05) is 0 Å². The largest absolute Gasteiger partial charge is 0.744 e. The lowest BCUT2D eigenvalue weighted by molar-refractivity contribution is -0.368. The molecule has 0 fully saturated rings. The minimum atomic E-state index is -4.93. The topological polar surface area (TPSA) is 222 Å². The number of nitrogen functional groups attached to an aromatic ring is 2. The number of nitrogens with two attached hydrogens (primary N) is 2. The van der Waals surface area contributed by atoms with Crippen molar-refractivity contribution in [3.8, 4) is 11.1 Å². The van der Waals surface area contributed by atoms with Gasteiger partial charge in [0.15, 0.2) is 0 Å². The molecule has 0 bridgehead atoms. The van der Waals surface area contributed by atoms with Crippen molar-refractivity contribution in [3.63, 3.8) is 0 Å². The Labute approximate surface area is 190 Å². The molecule has 0 aliphatic heterocycles. The van der Waals surface area contributed by atoms with Gasteiger partial charge in [0.2, 0.25) is 0 Å². The summed E-state index contributed by atoms with van der Waals surface area (Å²) in [7, 11) is -9.87. The second kappa shape index (κ2) is 14.0. The van der Waals surface area contributed by atoms with Gasteiger partial charge in [-0.1, -0.05) is 38.8 Å². The van der Waals surface area contributed by atoms with Crippen LogP contribution in [0.15, 0.2) is 46.2 Å². The Morgan fingerprint density at radius 2 is 1.03 bits per heavy atom. The highest BCUT2D eigenvalue weighted by Gasteiger charge is 2.17. The number of anilines is 2. The third-order valence-electron chi connectivity index (χ3n) is 4.05. The summed E-state index contributed by atoms with van der Waals surface area (Å²) in [5.41, 5.74) is 17.8. The normalized spacial score (nSPS) is 11.1. The summed E-state index contributed by atoms with van der Waals surface area (Å²) in [5.74, 6) is 0. The molecule has 0 saturated carbocycles. The SMILES string of the molecule is CCCC[NH3+].CCCC[NH3+].Nc1ccc(-c2ccc(N)cc2S(=O)(=O)[O-])c(S(=O)(=O)[O-])c1. The maximum atomic E-state index is 11.3. The third kappa shape index (κ3) is 10.4. The summed E-state index contributed by atoms with van der Waals surface area (Å²) in [6, 6.07) is 6.66. The van der Waals surface area contributed by atoms with Gasteiger partial charge in [-0.15, -0.1) is 0 Å². The number of benzene rings is 2. The van der Waals surface area contributed by atoms with Crippen LogP contribution < -0.4 is 22.9 Å². The smallest absolute Gasteiger partial charge is 0.125 e. The predicted octanol–water partition coefficient (Wildman–Crippen LogP) is 0.383. The Morgan fingerprint density at radius 1 is 0.719 bits per heavy atom. The molecule has 0 amide bonds. The van der Waals surface area contributed by atoms with Gasteiger partial charge in [0, 0.05) is 22.5 Å². The molecule has 0 saturated heterocycles. The van der Waals surface area contributed by atoms with E-state index in [1.54, 1.807) is 0 Å². The van der Waals surface area contributed by atoms with Gasteiger partial charge in [0.05, 0.1) is 22.9 Å². The average molecular weight is 491 g/mol. The summed E-state index contributed by atoms with van der Waals surface area (Å²) < 4.78 is 68.1. The summed E-state index contributed by atoms with van der Waals surface area (Å²) in [5, 5.41) is 0. The van der Waals surface area contributed by atoms with Crippen LogP contribution in [0.2, 0.25) is 0 Å². The molecule has 0 aliphatic carbocycles. The Hall–Kier alpha value is -2.22. The molecule has 2 aromatic rings. The molecule has 10 N–H and O–H groups in total. The molecule has 0 aliphatic rings. The van der Waals surface area contributed by atoms with Crippen molar-refractivity contribution in [1.29, 1.82) is 0 Å². The molecule has 32 heavy (non-hydrogen) atoms. The second-order valence-corrected chi connectivity index (χ2v) is 9.53. The van der Waals surface area contributed by atoms with Crippen LogP contribution in [0.5, 0.6) is 0 Å². The molecule has 12 heteroatoms. The van der Waals surface area contributed by atoms with Crippen molar-refractivity contribution in [2.75, 3.05) is 24.6 Å².